The highest BCUT2D eigenvalue weighted by Crippen LogP contribution is 2.26. The summed E-state index contributed by atoms with van der Waals surface area (Å²) in [7, 11) is 0. The molecule has 1 aromatic rings. The fourth-order valence-electron chi connectivity index (χ4n) is 3.20. The molecule has 1 saturated heterocycles. The molecule has 2 aliphatic heterocycles. The number of likely N-dealkylation sites (tertiary alicyclic amines) is 1. The van der Waals surface area contributed by atoms with Gasteiger partial charge in [-0.1, -0.05) is 0 Å². The van der Waals surface area contributed by atoms with E-state index in [1.807, 2.05) is 16.7 Å². The van der Waals surface area contributed by atoms with Crippen molar-refractivity contribution in [3.8, 4) is 0 Å². The second-order valence-corrected chi connectivity index (χ2v) is 6.87. The Morgan fingerprint density at radius 1 is 1.43 bits per heavy atom. The Kier molecular flexibility index (Phi) is 3.99. The van der Waals surface area contributed by atoms with E-state index in [1.165, 1.54) is 10.4 Å². The van der Waals surface area contributed by atoms with Gasteiger partial charge in [-0.2, -0.15) is 0 Å². The van der Waals surface area contributed by atoms with E-state index in [9.17, 15) is 9.59 Å². The first kappa shape index (κ1) is 14.5. The number of hydrogen-bond acceptors (Lipinski definition) is 4. The molecule has 1 amide bonds. The third-order valence-corrected chi connectivity index (χ3v) is 5.62. The molecule has 1 aromatic heterocycles. The summed E-state index contributed by atoms with van der Waals surface area (Å²) in [6, 6.07) is 1.87. The molecule has 2 unspecified atom stereocenters. The van der Waals surface area contributed by atoms with Gasteiger partial charge in [0.25, 0.3) is 0 Å². The fraction of sp³-hybridized carbons (Fsp3) is 0.600. The summed E-state index contributed by atoms with van der Waals surface area (Å²) in [5.74, 6) is -0.957. The highest BCUT2D eigenvalue weighted by Gasteiger charge is 2.35. The number of carboxylic acid groups (broad SMARTS) is 1. The summed E-state index contributed by atoms with van der Waals surface area (Å²) in [5.41, 5.74) is 1.26. The third-order valence-electron chi connectivity index (χ3n) is 4.59. The lowest BCUT2D eigenvalue weighted by atomic mass is 10.1. The monoisotopic (exact) mass is 308 g/mol. The van der Waals surface area contributed by atoms with E-state index in [-0.39, 0.29) is 17.9 Å². The van der Waals surface area contributed by atoms with E-state index < -0.39 is 5.97 Å². The largest absolute Gasteiger partial charge is 0.481 e. The van der Waals surface area contributed by atoms with E-state index in [1.54, 1.807) is 11.3 Å². The first-order valence-corrected chi connectivity index (χ1v) is 8.25. The molecule has 5 nitrogen and oxygen atoms in total. The quantitative estimate of drug-likeness (QED) is 0.917. The smallest absolute Gasteiger partial charge is 0.307 e. The van der Waals surface area contributed by atoms with Gasteiger partial charge in [-0.05, 0) is 43.3 Å². The minimum absolute atomic E-state index is 0.123. The standard InChI is InChI=1S/C15H20N2O3S/c1-10(16-5-2-12(9-16)15(19)20)14(18)17-6-3-13-11(8-17)4-7-21-13/h4,7,10,12H,2-3,5-6,8-9H2,1H3,(H,19,20). The van der Waals surface area contributed by atoms with Gasteiger partial charge in [0.05, 0.1) is 12.0 Å². The van der Waals surface area contributed by atoms with Crippen LogP contribution in [0.2, 0.25) is 0 Å². The van der Waals surface area contributed by atoms with Crippen LogP contribution in [-0.2, 0) is 22.6 Å². The second kappa shape index (κ2) is 5.77. The molecule has 6 heteroatoms. The molecule has 0 aliphatic carbocycles. The average Bonchev–Trinajstić information content (AvgIpc) is 3.13. The molecule has 3 heterocycles. The number of nitrogens with zero attached hydrogens (tertiary/aromatic N) is 2. The number of carboxylic acids is 1. The van der Waals surface area contributed by atoms with Gasteiger partial charge in [0.2, 0.25) is 5.91 Å². The topological polar surface area (TPSA) is 60.9 Å². The van der Waals surface area contributed by atoms with Crippen molar-refractivity contribution in [2.75, 3.05) is 19.6 Å². The molecule has 0 radical (unpaired) electrons. The van der Waals surface area contributed by atoms with Crippen LogP contribution in [0.1, 0.15) is 23.8 Å². The molecule has 3 rings (SSSR count). The number of hydrogen-bond donors (Lipinski definition) is 1. The van der Waals surface area contributed by atoms with Crippen LogP contribution in [0.25, 0.3) is 0 Å². The van der Waals surface area contributed by atoms with Gasteiger partial charge >= 0.3 is 5.97 Å². The van der Waals surface area contributed by atoms with Crippen LogP contribution in [0.5, 0.6) is 0 Å². The van der Waals surface area contributed by atoms with Gasteiger partial charge in [-0.3, -0.25) is 14.5 Å². The van der Waals surface area contributed by atoms with Gasteiger partial charge in [0, 0.05) is 24.5 Å². The minimum atomic E-state index is -0.752. The molecule has 0 aromatic carbocycles. The molecule has 114 valence electrons. The zero-order chi connectivity index (χ0) is 15.0. The Morgan fingerprint density at radius 2 is 2.24 bits per heavy atom. The molecule has 21 heavy (non-hydrogen) atoms. The summed E-state index contributed by atoms with van der Waals surface area (Å²) in [6.45, 7) is 4.54. The molecular formula is C15H20N2O3S. The van der Waals surface area contributed by atoms with Crippen LogP contribution in [-0.4, -0.2) is 52.5 Å². The van der Waals surface area contributed by atoms with Crippen molar-refractivity contribution < 1.29 is 14.7 Å². The van der Waals surface area contributed by atoms with Gasteiger partial charge in [-0.25, -0.2) is 0 Å². The maximum Gasteiger partial charge on any atom is 0.307 e. The van der Waals surface area contributed by atoms with Crippen molar-refractivity contribution in [1.82, 2.24) is 9.80 Å². The summed E-state index contributed by atoms with van der Waals surface area (Å²) in [4.78, 5) is 29.0. The SMILES string of the molecule is CC(C(=O)N1CCc2sccc2C1)N1CCC(C(=O)O)C1. The number of carbonyl (C=O) groups excluding carboxylic acids is 1. The lowest BCUT2D eigenvalue weighted by molar-refractivity contribution is -0.142. The van der Waals surface area contributed by atoms with E-state index in [2.05, 4.69) is 11.4 Å². The number of rotatable bonds is 3. The zero-order valence-electron chi connectivity index (χ0n) is 12.1. The number of aliphatic carboxylic acids is 1. The highest BCUT2D eigenvalue weighted by atomic mass is 32.1. The Hall–Kier alpha value is -1.40. The normalized spacial score (nSPS) is 23.9. The maximum atomic E-state index is 12.6. The molecule has 0 spiro atoms. The molecule has 0 saturated carbocycles. The van der Waals surface area contributed by atoms with E-state index in [0.717, 1.165) is 13.0 Å². The Bertz CT molecular complexity index is 557. The van der Waals surface area contributed by atoms with Crippen molar-refractivity contribution in [3.63, 3.8) is 0 Å². The predicted molar refractivity (Wildman–Crippen MR) is 80.2 cm³/mol. The number of amides is 1. The number of thiophene rings is 1. The van der Waals surface area contributed by atoms with Crippen LogP contribution in [0.3, 0.4) is 0 Å². The second-order valence-electron chi connectivity index (χ2n) is 5.87. The molecule has 1 fully saturated rings. The highest BCUT2D eigenvalue weighted by molar-refractivity contribution is 7.10. The first-order valence-electron chi connectivity index (χ1n) is 7.37. The minimum Gasteiger partial charge on any atom is -0.481 e. The van der Waals surface area contributed by atoms with E-state index >= 15 is 0 Å². The van der Waals surface area contributed by atoms with Crippen LogP contribution >= 0.6 is 11.3 Å². The Labute approximate surface area is 128 Å². The summed E-state index contributed by atoms with van der Waals surface area (Å²) < 4.78 is 0. The lowest BCUT2D eigenvalue weighted by Crippen LogP contribution is -2.47. The van der Waals surface area contributed by atoms with Crippen LogP contribution in [0, 0.1) is 5.92 Å². The Morgan fingerprint density at radius 3 is 2.95 bits per heavy atom. The first-order chi connectivity index (χ1) is 10.1. The van der Waals surface area contributed by atoms with Crippen LogP contribution in [0.4, 0.5) is 0 Å². The van der Waals surface area contributed by atoms with Gasteiger partial charge in [-0.15, -0.1) is 11.3 Å². The van der Waals surface area contributed by atoms with Crippen molar-refractivity contribution in [3.05, 3.63) is 21.9 Å². The summed E-state index contributed by atoms with van der Waals surface area (Å²) >= 11 is 1.76. The van der Waals surface area contributed by atoms with Gasteiger partial charge in [0.15, 0.2) is 0 Å². The summed E-state index contributed by atoms with van der Waals surface area (Å²) in [6.07, 6.45) is 1.57. The number of fused-ring (bicyclic) bond motifs is 1. The van der Waals surface area contributed by atoms with E-state index in [0.29, 0.717) is 26.1 Å². The van der Waals surface area contributed by atoms with Gasteiger partial charge in [0.1, 0.15) is 0 Å². The zero-order valence-corrected chi connectivity index (χ0v) is 12.9. The van der Waals surface area contributed by atoms with E-state index in [4.69, 9.17) is 5.11 Å². The average molecular weight is 308 g/mol. The van der Waals surface area contributed by atoms with Crippen molar-refractivity contribution in [2.24, 2.45) is 5.92 Å². The molecule has 2 atom stereocenters. The Balaban J connectivity index is 1.62. The molecular weight excluding hydrogens is 288 g/mol. The van der Waals surface area contributed by atoms with Crippen molar-refractivity contribution in [2.45, 2.75) is 32.4 Å². The molecule has 2 aliphatic rings. The van der Waals surface area contributed by atoms with Crippen LogP contribution in [0.15, 0.2) is 11.4 Å². The lowest BCUT2D eigenvalue weighted by Gasteiger charge is -2.32. The molecule has 0 bridgehead atoms. The number of carbonyl (C=O) groups is 2. The summed E-state index contributed by atoms with van der Waals surface area (Å²) in [5, 5.41) is 11.1. The fourth-order valence-corrected chi connectivity index (χ4v) is 4.09. The van der Waals surface area contributed by atoms with Crippen LogP contribution < -0.4 is 0 Å². The third kappa shape index (κ3) is 2.82. The van der Waals surface area contributed by atoms with Crippen molar-refractivity contribution in [1.29, 1.82) is 0 Å². The van der Waals surface area contributed by atoms with Crippen molar-refractivity contribution >= 4 is 23.2 Å². The molecule has 1 N–H and O–H groups in total. The predicted octanol–water partition coefficient (Wildman–Crippen LogP) is 1.43. The maximum absolute atomic E-state index is 12.6. The van der Waals surface area contributed by atoms with Gasteiger partial charge < -0.3 is 10.0 Å².